The molecule has 3 N–H and O–H groups in total. The first kappa shape index (κ1) is 11.2. The third-order valence-electron chi connectivity index (χ3n) is 1.91. The minimum absolute atomic E-state index is 0.153. The van der Waals surface area contributed by atoms with Crippen LogP contribution in [0.1, 0.15) is 5.56 Å². The lowest BCUT2D eigenvalue weighted by Gasteiger charge is -2.04. The number of methoxy groups -OCH3 is 1. The normalized spacial score (nSPS) is 9.67. The highest BCUT2D eigenvalue weighted by Crippen LogP contribution is 2.24. The molecule has 0 heterocycles. The molecule has 1 aromatic rings. The molecule has 1 rings (SSSR count). The molecule has 0 radical (unpaired) electrons. The summed E-state index contributed by atoms with van der Waals surface area (Å²) >= 11 is 0. The van der Waals surface area contributed by atoms with Crippen molar-refractivity contribution in [3.05, 3.63) is 23.8 Å². The first-order valence-corrected chi connectivity index (χ1v) is 4.46. The molecule has 0 bridgehead atoms. The van der Waals surface area contributed by atoms with Crippen LogP contribution in [0.2, 0.25) is 0 Å². The van der Waals surface area contributed by atoms with E-state index >= 15 is 0 Å². The van der Waals surface area contributed by atoms with Gasteiger partial charge in [-0.1, -0.05) is 6.07 Å². The fourth-order valence-corrected chi connectivity index (χ4v) is 1.11. The van der Waals surface area contributed by atoms with Gasteiger partial charge in [-0.05, 0) is 24.1 Å². The second kappa shape index (κ2) is 5.09. The van der Waals surface area contributed by atoms with E-state index in [0.717, 1.165) is 5.56 Å². The van der Waals surface area contributed by atoms with Gasteiger partial charge in [0.1, 0.15) is 0 Å². The highest BCUT2D eigenvalue weighted by Gasteiger charge is 2.01. The molecule has 5 nitrogen and oxygen atoms in total. The summed E-state index contributed by atoms with van der Waals surface area (Å²) in [6.45, 7) is 0.414. The largest absolute Gasteiger partial charge is 0.504 e. The summed E-state index contributed by atoms with van der Waals surface area (Å²) in [5, 5.41) is 20.8. The van der Waals surface area contributed by atoms with E-state index in [1.807, 2.05) is 0 Å². The maximum Gasteiger partial charge on any atom is 0.406 e. The number of rotatable bonds is 3. The van der Waals surface area contributed by atoms with E-state index in [0.29, 0.717) is 13.0 Å². The number of aromatic hydroxyl groups is 2. The monoisotopic (exact) mass is 211 g/mol. The minimum Gasteiger partial charge on any atom is -0.504 e. The summed E-state index contributed by atoms with van der Waals surface area (Å²) in [4.78, 5) is 10.7. The minimum atomic E-state index is -0.488. The number of amides is 1. The highest BCUT2D eigenvalue weighted by atomic mass is 16.5. The number of phenolic OH excluding ortho intramolecular Hbond substituents is 2. The van der Waals surface area contributed by atoms with E-state index in [-0.39, 0.29) is 11.5 Å². The standard InChI is InChI=1S/C10H13NO4/c1-15-10(14)11-5-4-7-2-3-8(12)9(13)6-7/h2-3,6,12-13H,4-5H2,1H3,(H,11,14). The van der Waals surface area contributed by atoms with Gasteiger partial charge >= 0.3 is 6.09 Å². The second-order valence-electron chi connectivity index (χ2n) is 2.99. The van der Waals surface area contributed by atoms with Gasteiger partial charge in [0.15, 0.2) is 11.5 Å². The summed E-state index contributed by atoms with van der Waals surface area (Å²) in [5.41, 5.74) is 0.821. The van der Waals surface area contributed by atoms with Gasteiger partial charge in [-0.2, -0.15) is 0 Å². The zero-order valence-corrected chi connectivity index (χ0v) is 8.36. The third-order valence-corrected chi connectivity index (χ3v) is 1.91. The van der Waals surface area contributed by atoms with Gasteiger partial charge in [-0.25, -0.2) is 4.79 Å². The van der Waals surface area contributed by atoms with Crippen molar-refractivity contribution in [2.45, 2.75) is 6.42 Å². The van der Waals surface area contributed by atoms with Crippen LogP contribution in [-0.4, -0.2) is 30.0 Å². The van der Waals surface area contributed by atoms with Gasteiger partial charge < -0.3 is 20.3 Å². The molecule has 0 aliphatic carbocycles. The van der Waals surface area contributed by atoms with E-state index in [4.69, 9.17) is 5.11 Å². The fourth-order valence-electron chi connectivity index (χ4n) is 1.11. The van der Waals surface area contributed by atoms with Crippen LogP contribution < -0.4 is 5.32 Å². The smallest absolute Gasteiger partial charge is 0.406 e. The lowest BCUT2D eigenvalue weighted by atomic mass is 10.1. The maximum absolute atomic E-state index is 10.7. The molecule has 0 atom stereocenters. The molecule has 0 saturated carbocycles. The Morgan fingerprint density at radius 1 is 1.40 bits per heavy atom. The van der Waals surface area contributed by atoms with Crippen molar-refractivity contribution >= 4 is 6.09 Å². The predicted octanol–water partition coefficient (Wildman–Crippen LogP) is 0.996. The lowest BCUT2D eigenvalue weighted by Crippen LogP contribution is -2.25. The Balaban J connectivity index is 2.44. The molecule has 0 saturated heterocycles. The molecule has 0 unspecified atom stereocenters. The fraction of sp³-hybridized carbons (Fsp3) is 0.300. The summed E-state index contributed by atoms with van der Waals surface area (Å²) in [7, 11) is 1.29. The molecule has 1 amide bonds. The van der Waals surface area contributed by atoms with Gasteiger partial charge in [-0.15, -0.1) is 0 Å². The topological polar surface area (TPSA) is 78.8 Å². The van der Waals surface area contributed by atoms with E-state index in [2.05, 4.69) is 10.1 Å². The number of carbonyl (C=O) groups is 1. The number of carbonyl (C=O) groups excluding carboxylic acids is 1. The van der Waals surface area contributed by atoms with Crippen LogP contribution in [0.25, 0.3) is 0 Å². The van der Waals surface area contributed by atoms with Gasteiger partial charge in [-0.3, -0.25) is 0 Å². The second-order valence-corrected chi connectivity index (χ2v) is 2.99. The number of hydrogen-bond donors (Lipinski definition) is 3. The van der Waals surface area contributed by atoms with Crippen LogP contribution in [0, 0.1) is 0 Å². The van der Waals surface area contributed by atoms with Crippen LogP contribution >= 0.6 is 0 Å². The van der Waals surface area contributed by atoms with Gasteiger partial charge in [0.05, 0.1) is 7.11 Å². The zero-order valence-electron chi connectivity index (χ0n) is 8.36. The number of hydrogen-bond acceptors (Lipinski definition) is 4. The summed E-state index contributed by atoms with van der Waals surface area (Å²) in [6.07, 6.45) is 0.0705. The molecule has 0 aliphatic heterocycles. The maximum atomic E-state index is 10.7. The van der Waals surface area contributed by atoms with Crippen molar-refractivity contribution < 1.29 is 19.7 Å². The van der Waals surface area contributed by atoms with Crippen molar-refractivity contribution in [1.82, 2.24) is 5.32 Å². The van der Waals surface area contributed by atoms with E-state index in [9.17, 15) is 9.90 Å². The van der Waals surface area contributed by atoms with E-state index in [1.165, 1.54) is 19.2 Å². The van der Waals surface area contributed by atoms with Crippen LogP contribution in [0.4, 0.5) is 4.79 Å². The van der Waals surface area contributed by atoms with E-state index in [1.54, 1.807) is 6.07 Å². The van der Waals surface area contributed by atoms with Crippen molar-refractivity contribution in [3.63, 3.8) is 0 Å². The molecular formula is C10H13NO4. The first-order valence-electron chi connectivity index (χ1n) is 4.46. The Kier molecular flexibility index (Phi) is 3.79. The van der Waals surface area contributed by atoms with Gasteiger partial charge in [0.2, 0.25) is 0 Å². The molecular weight excluding hydrogens is 198 g/mol. The molecule has 1 aromatic carbocycles. The van der Waals surface area contributed by atoms with Crippen molar-refractivity contribution in [2.24, 2.45) is 0 Å². The summed E-state index contributed by atoms with van der Waals surface area (Å²) in [6, 6.07) is 4.53. The first-order chi connectivity index (χ1) is 7.13. The number of ether oxygens (including phenoxy) is 1. The SMILES string of the molecule is COC(=O)NCCc1ccc(O)c(O)c1. The Labute approximate surface area is 87.3 Å². The Bertz CT molecular complexity index is 351. The summed E-state index contributed by atoms with van der Waals surface area (Å²) in [5.74, 6) is -0.315. The Morgan fingerprint density at radius 3 is 2.73 bits per heavy atom. The number of benzene rings is 1. The molecule has 0 fully saturated rings. The van der Waals surface area contributed by atoms with Crippen molar-refractivity contribution in [1.29, 1.82) is 0 Å². The third kappa shape index (κ3) is 3.38. The zero-order chi connectivity index (χ0) is 11.3. The molecule has 5 heteroatoms. The van der Waals surface area contributed by atoms with Crippen LogP contribution in [0.3, 0.4) is 0 Å². The number of phenols is 2. The number of nitrogens with one attached hydrogen (secondary N) is 1. The average Bonchev–Trinajstić information content (AvgIpc) is 2.23. The van der Waals surface area contributed by atoms with E-state index < -0.39 is 6.09 Å². The Hall–Kier alpha value is -1.91. The van der Waals surface area contributed by atoms with Crippen LogP contribution in [0.15, 0.2) is 18.2 Å². The van der Waals surface area contributed by atoms with Gasteiger partial charge in [0, 0.05) is 6.54 Å². The molecule has 0 aliphatic rings. The predicted molar refractivity (Wildman–Crippen MR) is 53.9 cm³/mol. The van der Waals surface area contributed by atoms with Crippen molar-refractivity contribution in [3.8, 4) is 11.5 Å². The molecule has 82 valence electrons. The molecule has 0 spiro atoms. The lowest BCUT2D eigenvalue weighted by molar-refractivity contribution is 0.171. The highest BCUT2D eigenvalue weighted by molar-refractivity contribution is 5.66. The Morgan fingerprint density at radius 2 is 2.13 bits per heavy atom. The quantitative estimate of drug-likeness (QED) is 0.651. The van der Waals surface area contributed by atoms with Crippen molar-refractivity contribution in [2.75, 3.05) is 13.7 Å². The summed E-state index contributed by atoms with van der Waals surface area (Å²) < 4.78 is 4.39. The molecule has 0 aromatic heterocycles. The number of alkyl carbamates (subject to hydrolysis) is 1. The van der Waals surface area contributed by atoms with Gasteiger partial charge in [0.25, 0.3) is 0 Å². The van der Waals surface area contributed by atoms with Crippen LogP contribution in [0.5, 0.6) is 11.5 Å². The van der Waals surface area contributed by atoms with Crippen LogP contribution in [-0.2, 0) is 11.2 Å². The molecule has 15 heavy (non-hydrogen) atoms. The average molecular weight is 211 g/mol.